The van der Waals surface area contributed by atoms with Crippen molar-refractivity contribution in [2.75, 3.05) is 12.4 Å². The summed E-state index contributed by atoms with van der Waals surface area (Å²) in [6.07, 6.45) is 0. The Morgan fingerprint density at radius 3 is 2.30 bits per heavy atom. The van der Waals surface area contributed by atoms with E-state index in [4.69, 9.17) is 11.6 Å². The van der Waals surface area contributed by atoms with Crippen LogP contribution in [-0.4, -0.2) is 29.0 Å². The summed E-state index contributed by atoms with van der Waals surface area (Å²) in [6.45, 7) is 5.24. The third-order valence-electron chi connectivity index (χ3n) is 3.25. The number of ether oxygens (including phenoxy) is 1. The third-order valence-corrected chi connectivity index (χ3v) is 3.57. The van der Waals surface area contributed by atoms with Crippen molar-refractivity contribution in [1.82, 2.24) is 9.97 Å². The van der Waals surface area contributed by atoms with E-state index in [1.807, 2.05) is 0 Å². The summed E-state index contributed by atoms with van der Waals surface area (Å²) < 4.78 is 4.66. The lowest BCUT2D eigenvalue weighted by Crippen LogP contribution is -2.18. The minimum atomic E-state index is -0.511. The normalized spacial score (nSPS) is 10.3. The molecule has 0 aliphatic rings. The first kappa shape index (κ1) is 16.9. The number of esters is 1. The van der Waals surface area contributed by atoms with Crippen LogP contribution in [0.15, 0.2) is 18.2 Å². The van der Waals surface area contributed by atoms with E-state index in [-0.39, 0.29) is 5.91 Å². The lowest BCUT2D eigenvalue weighted by atomic mass is 10.1. The molecule has 0 fully saturated rings. The fraction of sp³-hybridized carbons (Fsp3) is 0.250. The number of halogens is 1. The molecule has 0 spiro atoms. The number of aryl methyl sites for hydroxylation is 3. The van der Waals surface area contributed by atoms with Gasteiger partial charge in [-0.3, -0.25) is 4.79 Å². The standard InChI is InChI=1S/C16H16ClN3O3/c1-8-14(9(2)19-10(3)18-8)15(21)20-13-7-11(16(22)23-4)5-6-12(13)17/h5-7H,1-4H3,(H,20,21). The number of nitrogens with zero attached hydrogens (tertiary/aromatic N) is 2. The van der Waals surface area contributed by atoms with Crippen molar-refractivity contribution in [3.05, 3.63) is 51.6 Å². The molecule has 0 unspecified atom stereocenters. The molecule has 1 aromatic carbocycles. The van der Waals surface area contributed by atoms with Crippen molar-refractivity contribution in [2.24, 2.45) is 0 Å². The molecule has 1 aromatic heterocycles. The van der Waals surface area contributed by atoms with Crippen LogP contribution in [0.25, 0.3) is 0 Å². The zero-order chi connectivity index (χ0) is 17.1. The summed E-state index contributed by atoms with van der Waals surface area (Å²) in [6, 6.07) is 4.51. The number of methoxy groups -OCH3 is 1. The molecule has 0 aliphatic carbocycles. The van der Waals surface area contributed by atoms with Gasteiger partial charge in [0.25, 0.3) is 5.91 Å². The van der Waals surface area contributed by atoms with Crippen molar-refractivity contribution in [3.8, 4) is 0 Å². The molecule has 7 heteroatoms. The van der Waals surface area contributed by atoms with E-state index in [0.717, 1.165) is 0 Å². The molecule has 0 atom stereocenters. The van der Waals surface area contributed by atoms with Gasteiger partial charge in [0.2, 0.25) is 0 Å². The molecule has 2 rings (SSSR count). The van der Waals surface area contributed by atoms with Gasteiger partial charge in [-0.25, -0.2) is 14.8 Å². The van der Waals surface area contributed by atoms with E-state index in [1.165, 1.54) is 25.3 Å². The predicted molar refractivity (Wildman–Crippen MR) is 87.0 cm³/mol. The summed E-state index contributed by atoms with van der Waals surface area (Å²) in [4.78, 5) is 32.5. The first-order chi connectivity index (χ1) is 10.8. The number of hydrogen-bond acceptors (Lipinski definition) is 5. The number of carbonyl (C=O) groups is 2. The summed E-state index contributed by atoms with van der Waals surface area (Å²) in [5.74, 6) is -0.297. The van der Waals surface area contributed by atoms with Crippen LogP contribution >= 0.6 is 11.6 Å². The van der Waals surface area contributed by atoms with E-state index in [9.17, 15) is 9.59 Å². The van der Waals surface area contributed by atoms with E-state index in [2.05, 4.69) is 20.0 Å². The lowest BCUT2D eigenvalue weighted by Gasteiger charge is -2.12. The zero-order valence-corrected chi connectivity index (χ0v) is 14.0. The number of carbonyl (C=O) groups excluding carboxylic acids is 2. The molecule has 120 valence electrons. The molecule has 0 aliphatic heterocycles. The van der Waals surface area contributed by atoms with E-state index >= 15 is 0 Å². The number of amides is 1. The Bertz CT molecular complexity index is 767. The van der Waals surface area contributed by atoms with Crippen molar-refractivity contribution < 1.29 is 14.3 Å². The first-order valence-corrected chi connectivity index (χ1v) is 7.22. The summed E-state index contributed by atoms with van der Waals surface area (Å²) in [5.41, 5.74) is 2.15. The van der Waals surface area contributed by atoms with Gasteiger partial charge in [0.15, 0.2) is 0 Å². The van der Waals surface area contributed by atoms with E-state index < -0.39 is 5.97 Å². The van der Waals surface area contributed by atoms with Crippen molar-refractivity contribution in [2.45, 2.75) is 20.8 Å². The van der Waals surface area contributed by atoms with Crippen LogP contribution in [0.3, 0.4) is 0 Å². The Morgan fingerprint density at radius 2 is 1.74 bits per heavy atom. The molecule has 0 bridgehead atoms. The quantitative estimate of drug-likeness (QED) is 0.873. The highest BCUT2D eigenvalue weighted by Gasteiger charge is 2.17. The molecule has 1 N–H and O–H groups in total. The SMILES string of the molecule is COC(=O)c1ccc(Cl)c(NC(=O)c2c(C)nc(C)nc2C)c1. The van der Waals surface area contributed by atoms with E-state index in [1.54, 1.807) is 20.8 Å². The summed E-state index contributed by atoms with van der Waals surface area (Å²) in [7, 11) is 1.28. The van der Waals surface area contributed by atoms with Crippen molar-refractivity contribution in [1.29, 1.82) is 0 Å². The van der Waals surface area contributed by atoms with Gasteiger partial charge in [-0.1, -0.05) is 11.6 Å². The molecule has 0 saturated heterocycles. The molecule has 0 radical (unpaired) electrons. The second kappa shape index (κ2) is 6.75. The van der Waals surface area contributed by atoms with E-state index in [0.29, 0.717) is 39.0 Å². The van der Waals surface area contributed by atoms with Crippen molar-refractivity contribution in [3.63, 3.8) is 0 Å². The minimum absolute atomic E-state index is 0.292. The maximum absolute atomic E-state index is 12.5. The average Bonchev–Trinajstić information content (AvgIpc) is 2.47. The molecular formula is C16H16ClN3O3. The van der Waals surface area contributed by atoms with Crippen LogP contribution in [0.4, 0.5) is 5.69 Å². The highest BCUT2D eigenvalue weighted by Crippen LogP contribution is 2.24. The van der Waals surface area contributed by atoms with Gasteiger partial charge < -0.3 is 10.1 Å². The fourth-order valence-corrected chi connectivity index (χ4v) is 2.43. The van der Waals surface area contributed by atoms with Crippen LogP contribution in [0.1, 0.15) is 37.9 Å². The van der Waals surface area contributed by atoms with Gasteiger partial charge in [0, 0.05) is 0 Å². The minimum Gasteiger partial charge on any atom is -0.465 e. The maximum atomic E-state index is 12.5. The number of nitrogens with one attached hydrogen (secondary N) is 1. The summed E-state index contributed by atoms with van der Waals surface area (Å²) >= 11 is 6.08. The maximum Gasteiger partial charge on any atom is 0.337 e. The lowest BCUT2D eigenvalue weighted by molar-refractivity contribution is 0.0600. The van der Waals surface area contributed by atoms with Crippen molar-refractivity contribution >= 4 is 29.2 Å². The van der Waals surface area contributed by atoms with Crippen LogP contribution < -0.4 is 5.32 Å². The Labute approximate surface area is 138 Å². The predicted octanol–water partition coefficient (Wildman–Crippen LogP) is 3.09. The number of aromatic nitrogens is 2. The van der Waals surface area contributed by atoms with Crippen LogP contribution in [-0.2, 0) is 4.74 Å². The van der Waals surface area contributed by atoms with Gasteiger partial charge in [0.05, 0.1) is 40.3 Å². The molecule has 6 nitrogen and oxygen atoms in total. The third kappa shape index (κ3) is 3.65. The highest BCUT2D eigenvalue weighted by molar-refractivity contribution is 6.34. The van der Waals surface area contributed by atoms with Gasteiger partial charge >= 0.3 is 5.97 Å². The number of anilines is 1. The second-order valence-corrected chi connectivity index (χ2v) is 5.36. The Kier molecular flexibility index (Phi) is 4.95. The monoisotopic (exact) mass is 333 g/mol. The zero-order valence-electron chi connectivity index (χ0n) is 13.2. The van der Waals surface area contributed by atoms with Crippen LogP contribution in [0.5, 0.6) is 0 Å². The van der Waals surface area contributed by atoms with Crippen LogP contribution in [0.2, 0.25) is 5.02 Å². The van der Waals surface area contributed by atoms with Gasteiger partial charge in [0.1, 0.15) is 5.82 Å². The van der Waals surface area contributed by atoms with Gasteiger partial charge in [-0.15, -0.1) is 0 Å². The fourth-order valence-electron chi connectivity index (χ4n) is 2.26. The topological polar surface area (TPSA) is 81.2 Å². The molecule has 2 aromatic rings. The number of benzene rings is 1. The Balaban J connectivity index is 2.36. The smallest absolute Gasteiger partial charge is 0.337 e. The summed E-state index contributed by atoms with van der Waals surface area (Å²) in [5, 5.41) is 3.00. The number of hydrogen-bond donors (Lipinski definition) is 1. The Morgan fingerprint density at radius 1 is 1.13 bits per heavy atom. The number of rotatable bonds is 3. The average molecular weight is 334 g/mol. The first-order valence-electron chi connectivity index (χ1n) is 6.84. The molecular weight excluding hydrogens is 318 g/mol. The second-order valence-electron chi connectivity index (χ2n) is 4.96. The largest absolute Gasteiger partial charge is 0.465 e. The van der Waals surface area contributed by atoms with Crippen LogP contribution in [0, 0.1) is 20.8 Å². The molecule has 1 heterocycles. The molecule has 0 saturated carbocycles. The van der Waals surface area contributed by atoms with Gasteiger partial charge in [-0.2, -0.15) is 0 Å². The van der Waals surface area contributed by atoms with Gasteiger partial charge in [-0.05, 0) is 39.0 Å². The molecule has 1 amide bonds. The highest BCUT2D eigenvalue weighted by atomic mass is 35.5. The Hall–Kier alpha value is -2.47. The molecule has 23 heavy (non-hydrogen) atoms.